The van der Waals surface area contributed by atoms with Crippen molar-refractivity contribution in [3.8, 4) is 0 Å². The van der Waals surface area contributed by atoms with Gasteiger partial charge >= 0.3 is 0 Å². The molecule has 6 heteroatoms. The minimum absolute atomic E-state index is 0.00984. The topological polar surface area (TPSA) is 66.5 Å². The maximum absolute atomic E-state index is 12.9. The van der Waals surface area contributed by atoms with Crippen molar-refractivity contribution in [1.82, 2.24) is 9.62 Å². The molecule has 27 heavy (non-hydrogen) atoms. The average molecular weight is 387 g/mol. The molecular formula is C21H26N2O3S. The van der Waals surface area contributed by atoms with Crippen molar-refractivity contribution in [3.63, 3.8) is 0 Å². The third kappa shape index (κ3) is 4.39. The summed E-state index contributed by atoms with van der Waals surface area (Å²) in [7, 11) is -3.50. The van der Waals surface area contributed by atoms with Crippen LogP contribution in [-0.2, 0) is 10.0 Å². The lowest BCUT2D eigenvalue weighted by Gasteiger charge is -2.32. The number of nitrogens with zero attached hydrogens (tertiary/aromatic N) is 1. The molecule has 0 saturated carbocycles. The van der Waals surface area contributed by atoms with Crippen molar-refractivity contribution < 1.29 is 13.2 Å². The zero-order valence-corrected chi connectivity index (χ0v) is 16.8. The smallest absolute Gasteiger partial charge is 0.251 e. The van der Waals surface area contributed by atoms with Crippen molar-refractivity contribution in [2.24, 2.45) is 0 Å². The SMILES string of the molecule is Cc1ccc(C(=O)NC2CCN(S(=O)(=O)c3ccc(C)cc3C)CC2)cc1. The van der Waals surface area contributed by atoms with E-state index in [1.165, 1.54) is 4.31 Å². The van der Waals surface area contributed by atoms with Crippen molar-refractivity contribution in [3.05, 3.63) is 64.7 Å². The van der Waals surface area contributed by atoms with Gasteiger partial charge in [0.05, 0.1) is 4.90 Å². The molecule has 1 aliphatic rings. The van der Waals surface area contributed by atoms with Crippen LogP contribution in [0.1, 0.15) is 39.9 Å². The molecule has 1 heterocycles. The summed E-state index contributed by atoms with van der Waals surface area (Å²) in [5.74, 6) is -0.106. The van der Waals surface area contributed by atoms with Crippen LogP contribution in [0.5, 0.6) is 0 Å². The molecule has 1 aliphatic heterocycles. The Bertz CT molecular complexity index is 928. The fourth-order valence-corrected chi connectivity index (χ4v) is 5.12. The number of benzene rings is 2. The first-order valence-corrected chi connectivity index (χ1v) is 10.7. The van der Waals surface area contributed by atoms with Gasteiger partial charge in [-0.1, -0.05) is 35.4 Å². The molecule has 0 aromatic heterocycles. The van der Waals surface area contributed by atoms with E-state index in [1.807, 2.05) is 57.2 Å². The normalized spacial score (nSPS) is 16.3. The molecule has 1 fully saturated rings. The molecule has 1 amide bonds. The van der Waals surface area contributed by atoms with Gasteiger partial charge in [0.25, 0.3) is 5.91 Å². The first-order valence-electron chi connectivity index (χ1n) is 9.22. The highest BCUT2D eigenvalue weighted by Gasteiger charge is 2.30. The lowest BCUT2D eigenvalue weighted by Crippen LogP contribution is -2.46. The Balaban J connectivity index is 1.62. The molecule has 5 nitrogen and oxygen atoms in total. The Labute approximate surface area is 161 Å². The minimum Gasteiger partial charge on any atom is -0.349 e. The Morgan fingerprint density at radius 1 is 0.963 bits per heavy atom. The first kappa shape index (κ1) is 19.6. The highest BCUT2D eigenvalue weighted by Crippen LogP contribution is 2.24. The molecule has 0 spiro atoms. The summed E-state index contributed by atoms with van der Waals surface area (Å²) in [6.45, 7) is 6.58. The van der Waals surface area contributed by atoms with Gasteiger partial charge < -0.3 is 5.32 Å². The number of hydrogen-bond donors (Lipinski definition) is 1. The summed E-state index contributed by atoms with van der Waals surface area (Å²) in [6, 6.07) is 12.8. The maximum Gasteiger partial charge on any atom is 0.251 e. The van der Waals surface area contributed by atoms with Crippen LogP contribution in [0.25, 0.3) is 0 Å². The van der Waals surface area contributed by atoms with Crippen LogP contribution >= 0.6 is 0 Å². The molecule has 0 unspecified atom stereocenters. The third-order valence-electron chi connectivity index (χ3n) is 5.05. The molecule has 2 aromatic carbocycles. The number of rotatable bonds is 4. The molecule has 2 aromatic rings. The zero-order chi connectivity index (χ0) is 19.6. The monoisotopic (exact) mass is 386 g/mol. The van der Waals surface area contributed by atoms with Crippen LogP contribution in [0.2, 0.25) is 0 Å². The van der Waals surface area contributed by atoms with E-state index in [2.05, 4.69) is 5.32 Å². The fourth-order valence-electron chi connectivity index (χ4n) is 3.44. The summed E-state index contributed by atoms with van der Waals surface area (Å²) in [6.07, 6.45) is 1.23. The van der Waals surface area contributed by atoms with Crippen LogP contribution in [0.4, 0.5) is 0 Å². The predicted octanol–water partition coefficient (Wildman–Crippen LogP) is 3.19. The van der Waals surface area contributed by atoms with Crippen molar-refractivity contribution >= 4 is 15.9 Å². The summed E-state index contributed by atoms with van der Waals surface area (Å²) in [4.78, 5) is 12.7. The Morgan fingerprint density at radius 3 is 2.15 bits per heavy atom. The molecule has 1 saturated heterocycles. The molecule has 1 N–H and O–H groups in total. The van der Waals surface area contributed by atoms with Crippen molar-refractivity contribution in [2.75, 3.05) is 13.1 Å². The van der Waals surface area contributed by atoms with Gasteiger partial charge in [-0.15, -0.1) is 0 Å². The van der Waals surface area contributed by atoms with E-state index in [4.69, 9.17) is 0 Å². The van der Waals surface area contributed by atoms with E-state index in [0.717, 1.165) is 16.7 Å². The van der Waals surface area contributed by atoms with Crippen LogP contribution < -0.4 is 5.32 Å². The lowest BCUT2D eigenvalue weighted by molar-refractivity contribution is 0.0924. The average Bonchev–Trinajstić information content (AvgIpc) is 2.62. The maximum atomic E-state index is 12.9. The van der Waals surface area contributed by atoms with Gasteiger partial charge in [0.2, 0.25) is 10.0 Å². The molecule has 0 radical (unpaired) electrons. The number of aryl methyl sites for hydroxylation is 3. The number of nitrogens with one attached hydrogen (secondary N) is 1. The van der Waals surface area contributed by atoms with Crippen LogP contribution in [0.15, 0.2) is 47.4 Å². The van der Waals surface area contributed by atoms with E-state index in [-0.39, 0.29) is 11.9 Å². The number of amides is 1. The quantitative estimate of drug-likeness (QED) is 0.877. The van der Waals surface area contributed by atoms with Gasteiger partial charge in [0.1, 0.15) is 0 Å². The molecule has 0 atom stereocenters. The largest absolute Gasteiger partial charge is 0.349 e. The van der Waals surface area contributed by atoms with Gasteiger partial charge in [-0.3, -0.25) is 4.79 Å². The second-order valence-corrected chi connectivity index (χ2v) is 9.19. The fraction of sp³-hybridized carbons (Fsp3) is 0.381. The number of hydrogen-bond acceptors (Lipinski definition) is 3. The summed E-state index contributed by atoms with van der Waals surface area (Å²) in [5, 5.41) is 3.02. The van der Waals surface area contributed by atoms with Crippen molar-refractivity contribution in [1.29, 1.82) is 0 Å². The van der Waals surface area contributed by atoms with Crippen LogP contribution in [0, 0.1) is 20.8 Å². The molecule has 0 bridgehead atoms. The third-order valence-corrected chi connectivity index (χ3v) is 7.11. The first-order chi connectivity index (χ1) is 12.8. The summed E-state index contributed by atoms with van der Waals surface area (Å²) in [5.41, 5.74) is 3.55. The van der Waals surface area contributed by atoms with Crippen molar-refractivity contribution in [2.45, 2.75) is 44.6 Å². The summed E-state index contributed by atoms with van der Waals surface area (Å²) < 4.78 is 27.4. The van der Waals surface area contributed by atoms with E-state index in [9.17, 15) is 13.2 Å². The number of carbonyl (C=O) groups excluding carboxylic acids is 1. The number of sulfonamides is 1. The Morgan fingerprint density at radius 2 is 1.56 bits per heavy atom. The van der Waals surface area contributed by atoms with Gasteiger partial charge in [-0.2, -0.15) is 4.31 Å². The standard InChI is InChI=1S/C21H26N2O3S/c1-15-4-7-18(8-5-15)21(24)22-19-10-12-23(13-11-19)27(25,26)20-9-6-16(2)14-17(20)3/h4-9,14,19H,10-13H2,1-3H3,(H,22,24). The molecular weight excluding hydrogens is 360 g/mol. The van der Waals surface area contributed by atoms with Gasteiger partial charge in [-0.05, 0) is 57.4 Å². The number of piperidine rings is 1. The second kappa shape index (κ2) is 7.82. The Kier molecular flexibility index (Phi) is 5.67. The lowest BCUT2D eigenvalue weighted by atomic mass is 10.1. The second-order valence-electron chi connectivity index (χ2n) is 7.29. The van der Waals surface area contributed by atoms with Gasteiger partial charge in [-0.25, -0.2) is 8.42 Å². The highest BCUT2D eigenvalue weighted by atomic mass is 32.2. The molecule has 3 rings (SSSR count). The van der Waals surface area contributed by atoms with Gasteiger partial charge in [0, 0.05) is 24.7 Å². The Hall–Kier alpha value is -2.18. The van der Waals surface area contributed by atoms with Gasteiger partial charge in [0.15, 0.2) is 0 Å². The predicted molar refractivity (Wildman–Crippen MR) is 106 cm³/mol. The number of carbonyl (C=O) groups is 1. The molecule has 144 valence electrons. The van der Waals surface area contributed by atoms with Crippen LogP contribution in [-0.4, -0.2) is 37.8 Å². The van der Waals surface area contributed by atoms with E-state index in [1.54, 1.807) is 6.07 Å². The zero-order valence-electron chi connectivity index (χ0n) is 16.0. The highest BCUT2D eigenvalue weighted by molar-refractivity contribution is 7.89. The van der Waals surface area contributed by atoms with E-state index in [0.29, 0.717) is 36.4 Å². The minimum atomic E-state index is -3.50. The summed E-state index contributed by atoms with van der Waals surface area (Å²) >= 11 is 0. The molecule has 0 aliphatic carbocycles. The van der Waals surface area contributed by atoms with E-state index < -0.39 is 10.0 Å². The van der Waals surface area contributed by atoms with E-state index >= 15 is 0 Å². The van der Waals surface area contributed by atoms with Crippen LogP contribution in [0.3, 0.4) is 0 Å².